The summed E-state index contributed by atoms with van der Waals surface area (Å²) in [6.45, 7) is 0.769. The van der Waals surface area contributed by atoms with E-state index in [0.29, 0.717) is 23.1 Å². The highest BCUT2D eigenvalue weighted by Crippen LogP contribution is 2.27. The first-order valence-electron chi connectivity index (χ1n) is 8.77. The number of pyridine rings is 1. The molecule has 1 aliphatic rings. The number of rotatable bonds is 4. The minimum atomic E-state index is -0.471. The number of aromatic nitrogens is 4. The van der Waals surface area contributed by atoms with Gasteiger partial charge in [0.25, 0.3) is 0 Å². The lowest BCUT2D eigenvalue weighted by atomic mass is 10.2. The van der Waals surface area contributed by atoms with E-state index in [1.807, 2.05) is 43.4 Å². The van der Waals surface area contributed by atoms with Gasteiger partial charge in [0.05, 0.1) is 5.10 Å². The van der Waals surface area contributed by atoms with Gasteiger partial charge in [-0.25, -0.2) is 4.98 Å². The van der Waals surface area contributed by atoms with Crippen molar-refractivity contribution in [1.82, 2.24) is 20.2 Å². The molecule has 1 atom stereocenters. The van der Waals surface area contributed by atoms with Crippen LogP contribution in [0.5, 0.6) is 5.75 Å². The van der Waals surface area contributed by atoms with Crippen molar-refractivity contribution in [1.29, 1.82) is 0 Å². The van der Waals surface area contributed by atoms with Gasteiger partial charge in [-0.2, -0.15) is 5.10 Å². The molecule has 1 amide bonds. The highest BCUT2D eigenvalue weighted by molar-refractivity contribution is 7.80. The van der Waals surface area contributed by atoms with Crippen molar-refractivity contribution in [2.45, 2.75) is 12.6 Å². The SMILES string of the molecule is CN1C(=S)[C@@H](NC(=O)c2c[nH+]n(Cc3ccccc3)n2)COc2cccnc21. The maximum absolute atomic E-state index is 12.7. The fourth-order valence-electron chi connectivity index (χ4n) is 2.94. The quantitative estimate of drug-likeness (QED) is 0.666. The third kappa shape index (κ3) is 3.70. The molecule has 0 spiro atoms. The second-order valence-electron chi connectivity index (χ2n) is 6.36. The topological polar surface area (TPSA) is 86.4 Å². The van der Waals surface area contributed by atoms with Gasteiger partial charge in [-0.3, -0.25) is 4.79 Å². The van der Waals surface area contributed by atoms with E-state index >= 15 is 0 Å². The summed E-state index contributed by atoms with van der Waals surface area (Å²) >= 11 is 5.53. The number of H-pyrrole nitrogens is 1. The number of nitrogens with one attached hydrogen (secondary N) is 2. The molecule has 9 heteroatoms. The lowest BCUT2D eigenvalue weighted by Gasteiger charge is -2.21. The van der Waals surface area contributed by atoms with Crippen LogP contribution in [0, 0.1) is 0 Å². The molecule has 0 radical (unpaired) electrons. The normalized spacial score (nSPS) is 16.1. The molecule has 1 aliphatic heterocycles. The molecule has 4 rings (SSSR count). The standard InChI is InChI=1S/C19H18N6O2S/c1-24-17-16(8-5-9-20-17)27-12-15(19(24)28)22-18(26)14-10-21-25(23-14)11-13-6-3-2-4-7-13/h2-10,15H,11-12H2,1H3,(H,22,26)/p+1/t15-/m0/s1. The second kappa shape index (κ2) is 7.73. The number of hydrogen-bond acceptors (Lipinski definition) is 5. The highest BCUT2D eigenvalue weighted by Gasteiger charge is 2.30. The molecule has 3 heterocycles. The van der Waals surface area contributed by atoms with Crippen LogP contribution in [0.4, 0.5) is 5.82 Å². The van der Waals surface area contributed by atoms with E-state index in [1.165, 1.54) is 0 Å². The molecule has 2 N–H and O–H groups in total. The number of carbonyl (C=O) groups excluding carboxylic acids is 1. The van der Waals surface area contributed by atoms with Gasteiger partial charge in [0, 0.05) is 13.2 Å². The third-order valence-corrected chi connectivity index (χ3v) is 4.95. The van der Waals surface area contributed by atoms with Gasteiger partial charge in [0.15, 0.2) is 17.8 Å². The Balaban J connectivity index is 1.45. The number of anilines is 1. The molecule has 1 aromatic carbocycles. The first-order valence-corrected chi connectivity index (χ1v) is 9.18. The van der Waals surface area contributed by atoms with E-state index in [2.05, 4.69) is 20.5 Å². The van der Waals surface area contributed by atoms with Crippen LogP contribution in [-0.2, 0) is 6.54 Å². The van der Waals surface area contributed by atoms with E-state index in [1.54, 1.807) is 28.2 Å². The lowest BCUT2D eigenvalue weighted by Crippen LogP contribution is -2.48. The molecule has 28 heavy (non-hydrogen) atoms. The van der Waals surface area contributed by atoms with Crippen molar-refractivity contribution in [2.75, 3.05) is 18.6 Å². The zero-order chi connectivity index (χ0) is 19.5. The van der Waals surface area contributed by atoms with E-state index < -0.39 is 6.04 Å². The molecular weight excluding hydrogens is 376 g/mol. The number of amides is 1. The number of thiocarbonyl (C=S) groups is 1. The van der Waals surface area contributed by atoms with Crippen molar-refractivity contribution in [3.05, 3.63) is 66.1 Å². The summed E-state index contributed by atoms with van der Waals surface area (Å²) in [5, 5.41) is 10.2. The fraction of sp³-hybridized carbons (Fsp3) is 0.211. The Kier molecular flexibility index (Phi) is 4.98. The average Bonchev–Trinajstić information content (AvgIpc) is 3.15. The number of nitrogens with zero attached hydrogens (tertiary/aromatic N) is 4. The molecular formula is C19H19N6O2S+. The Morgan fingerprint density at radius 1 is 1.32 bits per heavy atom. The van der Waals surface area contributed by atoms with Crippen molar-refractivity contribution in [3.8, 4) is 5.75 Å². The zero-order valence-corrected chi connectivity index (χ0v) is 16.0. The summed E-state index contributed by atoms with van der Waals surface area (Å²) in [6, 6.07) is 13.0. The van der Waals surface area contributed by atoms with E-state index in [4.69, 9.17) is 17.0 Å². The van der Waals surface area contributed by atoms with E-state index in [-0.39, 0.29) is 18.2 Å². The van der Waals surface area contributed by atoms with Gasteiger partial charge in [-0.15, -0.1) is 0 Å². The van der Waals surface area contributed by atoms with Gasteiger partial charge in [-0.1, -0.05) is 42.5 Å². The molecule has 0 saturated heterocycles. The molecule has 0 aliphatic carbocycles. The van der Waals surface area contributed by atoms with Crippen molar-refractivity contribution in [2.24, 2.45) is 0 Å². The molecule has 2 aromatic heterocycles. The van der Waals surface area contributed by atoms with Gasteiger partial charge in [-0.05, 0) is 22.5 Å². The average molecular weight is 395 g/mol. The Bertz CT molecular complexity index is 1010. The van der Waals surface area contributed by atoms with Gasteiger partial charge in [0.1, 0.15) is 24.2 Å². The molecule has 0 fully saturated rings. The molecule has 0 bridgehead atoms. The maximum atomic E-state index is 12.7. The summed E-state index contributed by atoms with van der Waals surface area (Å²) in [5.41, 5.74) is 1.36. The number of hydrogen-bond donors (Lipinski definition) is 1. The third-order valence-electron chi connectivity index (χ3n) is 4.39. The van der Waals surface area contributed by atoms with Crippen LogP contribution < -0.4 is 20.1 Å². The summed E-state index contributed by atoms with van der Waals surface area (Å²) in [7, 11) is 1.81. The zero-order valence-electron chi connectivity index (χ0n) is 15.2. The fourth-order valence-corrected chi connectivity index (χ4v) is 3.15. The molecule has 8 nitrogen and oxygen atoms in total. The van der Waals surface area contributed by atoms with Crippen LogP contribution in [0.15, 0.2) is 54.9 Å². The summed E-state index contributed by atoms with van der Waals surface area (Å²) < 4.78 is 5.78. The number of likely N-dealkylation sites (N-methyl/N-ethyl adjacent to an activating group) is 1. The second-order valence-corrected chi connectivity index (χ2v) is 6.78. The molecule has 3 aromatic rings. The maximum Gasteiger partial charge on any atom is 0.305 e. The number of benzene rings is 1. The first kappa shape index (κ1) is 18.1. The number of ether oxygens (including phenoxy) is 1. The Labute approximate surface area is 167 Å². The van der Waals surface area contributed by atoms with Gasteiger partial charge < -0.3 is 15.0 Å². The Morgan fingerprint density at radius 3 is 2.96 bits per heavy atom. The Morgan fingerprint density at radius 2 is 2.14 bits per heavy atom. The minimum absolute atomic E-state index is 0.224. The largest absolute Gasteiger partial charge is 0.487 e. The molecule has 0 unspecified atom stereocenters. The van der Waals surface area contributed by atoms with E-state index in [9.17, 15) is 4.79 Å². The minimum Gasteiger partial charge on any atom is -0.487 e. The van der Waals surface area contributed by atoms with Crippen LogP contribution >= 0.6 is 12.2 Å². The van der Waals surface area contributed by atoms with Crippen molar-refractivity contribution >= 4 is 28.9 Å². The van der Waals surface area contributed by atoms with Crippen LogP contribution in [-0.4, -0.2) is 45.5 Å². The van der Waals surface area contributed by atoms with Crippen LogP contribution in [0.2, 0.25) is 0 Å². The van der Waals surface area contributed by atoms with Crippen LogP contribution in [0.1, 0.15) is 16.1 Å². The molecule has 142 valence electrons. The lowest BCUT2D eigenvalue weighted by molar-refractivity contribution is -0.495. The number of aromatic amines is 1. The number of carbonyl (C=O) groups is 1. The predicted octanol–water partition coefficient (Wildman–Crippen LogP) is 1.10. The smallest absolute Gasteiger partial charge is 0.305 e. The van der Waals surface area contributed by atoms with Crippen molar-refractivity contribution in [3.63, 3.8) is 0 Å². The summed E-state index contributed by atoms with van der Waals surface area (Å²) in [5.74, 6) is 0.931. The summed E-state index contributed by atoms with van der Waals surface area (Å²) in [4.78, 5) is 20.9. The predicted molar refractivity (Wildman–Crippen MR) is 106 cm³/mol. The monoisotopic (exact) mass is 395 g/mol. The van der Waals surface area contributed by atoms with Crippen molar-refractivity contribution < 1.29 is 14.6 Å². The molecule has 0 saturated carbocycles. The van der Waals surface area contributed by atoms with E-state index in [0.717, 1.165) is 5.56 Å². The summed E-state index contributed by atoms with van der Waals surface area (Å²) in [6.07, 6.45) is 3.24. The van der Waals surface area contributed by atoms with Crippen LogP contribution in [0.25, 0.3) is 0 Å². The first-order chi connectivity index (χ1) is 13.6. The van der Waals surface area contributed by atoms with Gasteiger partial charge >= 0.3 is 11.6 Å². The Hall–Kier alpha value is -3.33. The number of fused-ring (bicyclic) bond motifs is 1. The van der Waals surface area contributed by atoms with Gasteiger partial charge in [0.2, 0.25) is 0 Å². The van der Waals surface area contributed by atoms with Crippen LogP contribution in [0.3, 0.4) is 0 Å². The highest BCUT2D eigenvalue weighted by atomic mass is 32.1.